The number of carbonyl (C=O) groups excluding carboxylic acids is 4. The van der Waals surface area contributed by atoms with Gasteiger partial charge in [-0.3, -0.25) is 14.4 Å². The largest absolute Gasteiger partial charge is 0.467 e. The Kier molecular flexibility index (Phi) is 7.96. The van der Waals surface area contributed by atoms with Crippen LogP contribution in [0.4, 0.5) is 0 Å². The van der Waals surface area contributed by atoms with Gasteiger partial charge in [-0.2, -0.15) is 0 Å². The number of hydrogen-bond acceptors (Lipinski definition) is 5. The van der Waals surface area contributed by atoms with Crippen LogP contribution in [-0.4, -0.2) is 48.9 Å². The molecule has 3 amide bonds. The maximum absolute atomic E-state index is 12.5. The third-order valence-electron chi connectivity index (χ3n) is 5.32. The van der Waals surface area contributed by atoms with Crippen LogP contribution in [0, 0.1) is 0 Å². The van der Waals surface area contributed by atoms with E-state index in [0.29, 0.717) is 19.3 Å². The minimum absolute atomic E-state index is 0.269. The Labute approximate surface area is 186 Å². The highest BCUT2D eigenvalue weighted by atomic mass is 16.5. The zero-order chi connectivity index (χ0) is 22.9. The highest BCUT2D eigenvalue weighted by Crippen LogP contribution is 2.10. The number of aryl methyl sites for hydroxylation is 1. The second-order valence-corrected chi connectivity index (χ2v) is 7.68. The summed E-state index contributed by atoms with van der Waals surface area (Å²) in [5.41, 5.74) is 1.95. The van der Waals surface area contributed by atoms with E-state index in [-0.39, 0.29) is 12.3 Å². The topological polar surface area (TPSA) is 114 Å². The Hall–Kier alpha value is -3.68. The van der Waals surface area contributed by atoms with Crippen molar-refractivity contribution in [1.29, 1.82) is 0 Å². The van der Waals surface area contributed by atoms with Crippen molar-refractivity contribution in [2.75, 3.05) is 7.11 Å². The molecule has 3 N–H and O–H groups in total. The van der Waals surface area contributed by atoms with E-state index in [4.69, 9.17) is 4.74 Å². The van der Waals surface area contributed by atoms with Crippen molar-refractivity contribution < 1.29 is 23.9 Å². The monoisotopic (exact) mass is 437 g/mol. The number of ether oxygens (including phenoxy) is 1. The summed E-state index contributed by atoms with van der Waals surface area (Å²) in [6.07, 6.45) is 1.02. The van der Waals surface area contributed by atoms with Crippen LogP contribution in [0.5, 0.6) is 0 Å². The van der Waals surface area contributed by atoms with Gasteiger partial charge in [0.15, 0.2) is 0 Å². The SMILES string of the molecule is COC(=O)[C@@H](CCc1ccccc1)NC(=O)C[C@@H]1NC(=O)[C@H](Cc2ccccc2)NC1=O. The highest BCUT2D eigenvalue weighted by Gasteiger charge is 2.35. The molecule has 0 bridgehead atoms. The standard InChI is InChI=1S/C24H27N3O5/c1-32-24(31)18(13-12-16-8-4-2-5-9-16)25-21(28)15-20-23(30)26-19(22(29)27-20)14-17-10-6-3-7-11-17/h2-11,18-20H,12-15H2,1H3,(H,25,28)(H,26,30)(H,27,29)/t18-,19+,20+/m1/s1. The van der Waals surface area contributed by atoms with E-state index in [1.54, 1.807) is 0 Å². The maximum Gasteiger partial charge on any atom is 0.328 e. The number of esters is 1. The summed E-state index contributed by atoms with van der Waals surface area (Å²) < 4.78 is 4.80. The zero-order valence-corrected chi connectivity index (χ0v) is 17.9. The predicted molar refractivity (Wildman–Crippen MR) is 117 cm³/mol. The second kappa shape index (κ2) is 11.1. The summed E-state index contributed by atoms with van der Waals surface area (Å²) in [6, 6.07) is 16.4. The van der Waals surface area contributed by atoms with Crippen molar-refractivity contribution in [1.82, 2.24) is 16.0 Å². The maximum atomic E-state index is 12.5. The lowest BCUT2D eigenvalue weighted by molar-refractivity contribution is -0.145. The first kappa shape index (κ1) is 23.0. The van der Waals surface area contributed by atoms with E-state index in [2.05, 4.69) is 16.0 Å². The van der Waals surface area contributed by atoms with Crippen LogP contribution in [0.2, 0.25) is 0 Å². The van der Waals surface area contributed by atoms with Crippen LogP contribution in [0.25, 0.3) is 0 Å². The Morgan fingerprint density at radius 1 is 0.906 bits per heavy atom. The van der Waals surface area contributed by atoms with Gasteiger partial charge < -0.3 is 20.7 Å². The molecule has 0 aliphatic carbocycles. The lowest BCUT2D eigenvalue weighted by atomic mass is 10.0. The van der Waals surface area contributed by atoms with Gasteiger partial charge in [0.2, 0.25) is 17.7 Å². The summed E-state index contributed by atoms with van der Waals surface area (Å²) in [5, 5.41) is 7.92. The van der Waals surface area contributed by atoms with Gasteiger partial charge in [-0.25, -0.2) is 4.79 Å². The first-order chi connectivity index (χ1) is 15.5. The molecule has 1 aliphatic rings. The molecule has 8 heteroatoms. The van der Waals surface area contributed by atoms with E-state index < -0.39 is 35.9 Å². The molecular formula is C24H27N3O5. The van der Waals surface area contributed by atoms with Gasteiger partial charge >= 0.3 is 5.97 Å². The molecule has 2 aromatic rings. The van der Waals surface area contributed by atoms with Gasteiger partial charge in [0.25, 0.3) is 0 Å². The Bertz CT molecular complexity index is 949. The second-order valence-electron chi connectivity index (χ2n) is 7.68. The quantitative estimate of drug-likeness (QED) is 0.505. The third-order valence-corrected chi connectivity index (χ3v) is 5.32. The molecule has 3 rings (SSSR count). The number of methoxy groups -OCH3 is 1. The van der Waals surface area contributed by atoms with Crippen LogP contribution >= 0.6 is 0 Å². The smallest absolute Gasteiger partial charge is 0.328 e. The van der Waals surface area contributed by atoms with Crippen molar-refractivity contribution in [3.8, 4) is 0 Å². The van der Waals surface area contributed by atoms with Gasteiger partial charge in [0.05, 0.1) is 13.5 Å². The molecule has 0 unspecified atom stereocenters. The normalized spacial score (nSPS) is 18.8. The van der Waals surface area contributed by atoms with Crippen molar-refractivity contribution in [3.05, 3.63) is 71.8 Å². The number of piperazine rings is 1. The molecule has 32 heavy (non-hydrogen) atoms. The third kappa shape index (κ3) is 6.41. The molecule has 1 saturated heterocycles. The van der Waals surface area contributed by atoms with E-state index in [0.717, 1.165) is 11.1 Å². The molecule has 0 aromatic heterocycles. The molecular weight excluding hydrogens is 410 g/mol. The lowest BCUT2D eigenvalue weighted by Crippen LogP contribution is -2.63. The minimum atomic E-state index is -0.998. The minimum Gasteiger partial charge on any atom is -0.467 e. The Morgan fingerprint density at radius 3 is 2.09 bits per heavy atom. The fraction of sp³-hybridized carbons (Fsp3) is 0.333. The predicted octanol–water partition coefficient (Wildman–Crippen LogP) is 0.893. The zero-order valence-electron chi connectivity index (χ0n) is 17.9. The highest BCUT2D eigenvalue weighted by molar-refractivity contribution is 5.99. The molecule has 0 radical (unpaired) electrons. The number of nitrogens with one attached hydrogen (secondary N) is 3. The molecule has 2 aromatic carbocycles. The van der Waals surface area contributed by atoms with Crippen LogP contribution in [-0.2, 0) is 36.8 Å². The van der Waals surface area contributed by atoms with Crippen molar-refractivity contribution >= 4 is 23.7 Å². The van der Waals surface area contributed by atoms with Crippen LogP contribution in [0.15, 0.2) is 60.7 Å². The molecule has 8 nitrogen and oxygen atoms in total. The van der Waals surface area contributed by atoms with E-state index in [9.17, 15) is 19.2 Å². The molecule has 1 aliphatic heterocycles. The lowest BCUT2D eigenvalue weighted by Gasteiger charge is -2.29. The van der Waals surface area contributed by atoms with Crippen molar-refractivity contribution in [2.24, 2.45) is 0 Å². The number of benzene rings is 2. The van der Waals surface area contributed by atoms with E-state index >= 15 is 0 Å². The average molecular weight is 437 g/mol. The van der Waals surface area contributed by atoms with Gasteiger partial charge in [-0.15, -0.1) is 0 Å². The molecule has 0 spiro atoms. The van der Waals surface area contributed by atoms with Crippen molar-refractivity contribution in [3.63, 3.8) is 0 Å². The number of carbonyl (C=O) groups is 4. The van der Waals surface area contributed by atoms with Gasteiger partial charge in [-0.1, -0.05) is 60.7 Å². The number of hydrogen-bond donors (Lipinski definition) is 3. The summed E-state index contributed by atoms with van der Waals surface area (Å²) in [7, 11) is 1.26. The molecule has 168 valence electrons. The van der Waals surface area contributed by atoms with E-state index in [1.807, 2.05) is 60.7 Å². The van der Waals surface area contributed by atoms with Crippen molar-refractivity contribution in [2.45, 2.75) is 43.8 Å². The first-order valence-electron chi connectivity index (χ1n) is 10.5. The molecule has 1 heterocycles. The fourth-order valence-corrected chi connectivity index (χ4v) is 3.60. The number of amides is 3. The molecule has 0 saturated carbocycles. The summed E-state index contributed by atoms with van der Waals surface area (Å²) in [5.74, 6) is -1.86. The summed E-state index contributed by atoms with van der Waals surface area (Å²) in [6.45, 7) is 0. The first-order valence-corrected chi connectivity index (χ1v) is 10.5. The van der Waals surface area contributed by atoms with Gasteiger partial charge in [0, 0.05) is 6.42 Å². The molecule has 3 atom stereocenters. The van der Waals surface area contributed by atoms with Gasteiger partial charge in [0.1, 0.15) is 18.1 Å². The van der Waals surface area contributed by atoms with E-state index in [1.165, 1.54) is 7.11 Å². The van der Waals surface area contributed by atoms with Crippen LogP contribution < -0.4 is 16.0 Å². The summed E-state index contributed by atoms with van der Waals surface area (Å²) >= 11 is 0. The van der Waals surface area contributed by atoms with Crippen LogP contribution in [0.3, 0.4) is 0 Å². The average Bonchev–Trinajstić information content (AvgIpc) is 2.80. The molecule has 1 fully saturated rings. The van der Waals surface area contributed by atoms with Crippen LogP contribution in [0.1, 0.15) is 24.0 Å². The summed E-state index contributed by atoms with van der Waals surface area (Å²) in [4.78, 5) is 49.5. The Balaban J connectivity index is 1.53. The van der Waals surface area contributed by atoms with Gasteiger partial charge in [-0.05, 0) is 24.0 Å². The number of rotatable bonds is 9. The fourth-order valence-electron chi connectivity index (χ4n) is 3.60. The Morgan fingerprint density at radius 2 is 1.47 bits per heavy atom.